The Morgan fingerprint density at radius 3 is 2.59 bits per heavy atom. The van der Waals surface area contributed by atoms with Crippen molar-refractivity contribution in [1.82, 2.24) is 5.32 Å². The maximum absolute atomic E-state index is 13.2. The second-order valence-electron chi connectivity index (χ2n) is 4.50. The Hall–Kier alpha value is -1.49. The summed E-state index contributed by atoms with van der Waals surface area (Å²) in [6, 6.07) is 3.06. The van der Waals surface area contributed by atoms with Gasteiger partial charge in [0.25, 0.3) is 0 Å². The molecular weight excluding hydrogens is 228 g/mol. The average Bonchev–Trinajstić information content (AvgIpc) is 2.18. The maximum atomic E-state index is 13.2. The third-order valence-electron chi connectivity index (χ3n) is 2.08. The minimum Gasteiger partial charge on any atom is -0.389 e. The van der Waals surface area contributed by atoms with Crippen LogP contribution < -0.4 is 5.32 Å². The highest BCUT2D eigenvalue weighted by Crippen LogP contribution is 2.10. The fraction of sp³-hybridized carbons (Fsp3) is 0.417. The van der Waals surface area contributed by atoms with E-state index in [0.29, 0.717) is 0 Å². The molecule has 0 aliphatic heterocycles. The Balaban J connectivity index is 2.57. The third-order valence-corrected chi connectivity index (χ3v) is 2.08. The molecule has 2 N–H and O–H groups in total. The van der Waals surface area contributed by atoms with E-state index in [1.54, 1.807) is 13.8 Å². The summed E-state index contributed by atoms with van der Waals surface area (Å²) in [4.78, 5) is 11.4. The zero-order chi connectivity index (χ0) is 13.1. The van der Waals surface area contributed by atoms with Gasteiger partial charge in [-0.3, -0.25) is 4.79 Å². The quantitative estimate of drug-likeness (QED) is 0.839. The minimum atomic E-state index is -1.02. The van der Waals surface area contributed by atoms with Crippen LogP contribution in [0.25, 0.3) is 0 Å². The van der Waals surface area contributed by atoms with Gasteiger partial charge in [0, 0.05) is 12.6 Å². The second kappa shape index (κ2) is 5.23. The molecule has 0 spiro atoms. The predicted octanol–water partition coefficient (Wildman–Crippen LogP) is 1.39. The fourth-order valence-corrected chi connectivity index (χ4v) is 1.22. The first-order chi connectivity index (χ1) is 7.78. The molecule has 1 aromatic carbocycles. The van der Waals surface area contributed by atoms with E-state index in [1.165, 1.54) is 6.07 Å². The largest absolute Gasteiger partial charge is 0.389 e. The van der Waals surface area contributed by atoms with E-state index in [0.717, 1.165) is 12.1 Å². The zero-order valence-electron chi connectivity index (χ0n) is 9.76. The number of carbonyl (C=O) groups is 1. The standard InChI is InChI=1S/C12H15F2NO2/c1-12(2,17)7-15-11(16)5-8-3-4-9(13)6-10(8)14/h3-4,6,17H,5,7H2,1-2H3,(H,15,16). The van der Waals surface area contributed by atoms with Gasteiger partial charge in [-0.1, -0.05) is 6.07 Å². The Kier molecular flexibility index (Phi) is 4.17. The summed E-state index contributed by atoms with van der Waals surface area (Å²) >= 11 is 0. The second-order valence-corrected chi connectivity index (χ2v) is 4.50. The first-order valence-electron chi connectivity index (χ1n) is 5.21. The molecule has 0 aromatic heterocycles. The molecule has 94 valence electrons. The van der Waals surface area contributed by atoms with Crippen molar-refractivity contribution in [3.05, 3.63) is 35.4 Å². The van der Waals surface area contributed by atoms with Crippen molar-refractivity contribution in [2.24, 2.45) is 0 Å². The van der Waals surface area contributed by atoms with Gasteiger partial charge in [0.2, 0.25) is 5.91 Å². The van der Waals surface area contributed by atoms with Crippen LogP contribution in [0, 0.1) is 11.6 Å². The van der Waals surface area contributed by atoms with Gasteiger partial charge in [0.1, 0.15) is 11.6 Å². The fourth-order valence-electron chi connectivity index (χ4n) is 1.22. The van der Waals surface area contributed by atoms with E-state index in [-0.39, 0.29) is 18.5 Å². The molecule has 0 aliphatic rings. The first kappa shape index (κ1) is 13.6. The summed E-state index contributed by atoms with van der Waals surface area (Å²) in [7, 11) is 0. The van der Waals surface area contributed by atoms with Gasteiger partial charge in [0.05, 0.1) is 12.0 Å². The summed E-state index contributed by atoms with van der Waals surface area (Å²) in [5.41, 5.74) is -0.892. The Labute approximate surface area is 98.5 Å². The van der Waals surface area contributed by atoms with Crippen LogP contribution in [0.1, 0.15) is 19.4 Å². The normalized spacial score (nSPS) is 11.4. The molecule has 5 heteroatoms. The van der Waals surface area contributed by atoms with Gasteiger partial charge in [-0.2, -0.15) is 0 Å². The van der Waals surface area contributed by atoms with Crippen LogP contribution in [0.15, 0.2) is 18.2 Å². The SMILES string of the molecule is CC(C)(O)CNC(=O)Cc1ccc(F)cc1F. The van der Waals surface area contributed by atoms with E-state index in [2.05, 4.69) is 5.32 Å². The lowest BCUT2D eigenvalue weighted by Gasteiger charge is -2.17. The molecule has 0 unspecified atom stereocenters. The maximum Gasteiger partial charge on any atom is 0.224 e. The van der Waals surface area contributed by atoms with Gasteiger partial charge >= 0.3 is 0 Å². The topological polar surface area (TPSA) is 49.3 Å². The highest BCUT2D eigenvalue weighted by Gasteiger charge is 2.15. The van der Waals surface area contributed by atoms with E-state index >= 15 is 0 Å². The van der Waals surface area contributed by atoms with Crippen LogP contribution in [0.2, 0.25) is 0 Å². The van der Waals surface area contributed by atoms with Crippen molar-refractivity contribution in [1.29, 1.82) is 0 Å². The van der Waals surface area contributed by atoms with Gasteiger partial charge in [0.15, 0.2) is 0 Å². The molecule has 3 nitrogen and oxygen atoms in total. The van der Waals surface area contributed by atoms with Crippen molar-refractivity contribution in [3.63, 3.8) is 0 Å². The molecule has 1 aromatic rings. The number of aliphatic hydroxyl groups is 1. The number of rotatable bonds is 4. The van der Waals surface area contributed by atoms with Crippen LogP contribution in [-0.2, 0) is 11.2 Å². The number of halogens is 2. The van der Waals surface area contributed by atoms with Crippen molar-refractivity contribution in [2.45, 2.75) is 25.9 Å². The predicted molar refractivity (Wildman–Crippen MR) is 59.4 cm³/mol. The van der Waals surface area contributed by atoms with Crippen molar-refractivity contribution in [3.8, 4) is 0 Å². The highest BCUT2D eigenvalue weighted by molar-refractivity contribution is 5.78. The number of benzene rings is 1. The molecular formula is C12H15F2NO2. The number of amides is 1. The molecule has 0 fully saturated rings. The minimum absolute atomic E-state index is 0.0780. The monoisotopic (exact) mass is 243 g/mol. The van der Waals surface area contributed by atoms with Gasteiger partial charge in [-0.15, -0.1) is 0 Å². The average molecular weight is 243 g/mol. The van der Waals surface area contributed by atoms with Gasteiger partial charge in [-0.05, 0) is 25.5 Å². The van der Waals surface area contributed by atoms with E-state index < -0.39 is 23.1 Å². The van der Waals surface area contributed by atoms with E-state index in [9.17, 15) is 18.7 Å². The van der Waals surface area contributed by atoms with Crippen LogP contribution in [0.4, 0.5) is 8.78 Å². The highest BCUT2D eigenvalue weighted by atomic mass is 19.1. The number of hydrogen-bond acceptors (Lipinski definition) is 2. The summed E-state index contributed by atoms with van der Waals surface area (Å²) in [6.07, 6.45) is -0.178. The molecule has 17 heavy (non-hydrogen) atoms. The summed E-state index contributed by atoms with van der Waals surface area (Å²) in [6.45, 7) is 3.17. The molecule has 0 saturated heterocycles. The summed E-state index contributed by atoms with van der Waals surface area (Å²) in [5.74, 6) is -1.84. The van der Waals surface area contributed by atoms with Crippen LogP contribution >= 0.6 is 0 Å². The summed E-state index contributed by atoms with van der Waals surface area (Å²) in [5, 5.41) is 11.8. The lowest BCUT2D eigenvalue weighted by Crippen LogP contribution is -2.38. The molecule has 1 amide bonds. The zero-order valence-corrected chi connectivity index (χ0v) is 9.76. The number of nitrogens with one attached hydrogen (secondary N) is 1. The van der Waals surface area contributed by atoms with Crippen molar-refractivity contribution in [2.75, 3.05) is 6.54 Å². The van der Waals surface area contributed by atoms with Crippen LogP contribution in [0.5, 0.6) is 0 Å². The smallest absolute Gasteiger partial charge is 0.224 e. The Morgan fingerprint density at radius 2 is 2.06 bits per heavy atom. The van der Waals surface area contributed by atoms with Crippen molar-refractivity contribution < 1.29 is 18.7 Å². The summed E-state index contributed by atoms with van der Waals surface area (Å²) < 4.78 is 25.8. The lowest BCUT2D eigenvalue weighted by atomic mass is 10.1. The van der Waals surface area contributed by atoms with Crippen LogP contribution in [-0.4, -0.2) is 23.2 Å². The van der Waals surface area contributed by atoms with Crippen molar-refractivity contribution >= 4 is 5.91 Å². The number of hydrogen-bond donors (Lipinski definition) is 2. The number of carbonyl (C=O) groups excluding carboxylic acids is 1. The lowest BCUT2D eigenvalue weighted by molar-refractivity contribution is -0.121. The third kappa shape index (κ3) is 4.91. The molecule has 0 atom stereocenters. The molecule has 0 aliphatic carbocycles. The Morgan fingerprint density at radius 1 is 1.41 bits per heavy atom. The molecule has 1 rings (SSSR count). The first-order valence-corrected chi connectivity index (χ1v) is 5.21. The molecule has 0 saturated carbocycles. The van der Waals surface area contributed by atoms with Crippen LogP contribution in [0.3, 0.4) is 0 Å². The van der Waals surface area contributed by atoms with Gasteiger partial charge < -0.3 is 10.4 Å². The molecule has 0 bridgehead atoms. The van der Waals surface area contributed by atoms with Gasteiger partial charge in [-0.25, -0.2) is 8.78 Å². The molecule has 0 radical (unpaired) electrons. The molecule has 0 heterocycles. The van der Waals surface area contributed by atoms with E-state index in [1.807, 2.05) is 0 Å². The van der Waals surface area contributed by atoms with E-state index in [4.69, 9.17) is 0 Å². The Bertz CT molecular complexity index is 413.